The lowest BCUT2D eigenvalue weighted by molar-refractivity contribution is -0.121. The Kier molecular flexibility index (Phi) is 7.81. The summed E-state index contributed by atoms with van der Waals surface area (Å²) in [5.41, 5.74) is 1.20. The first-order chi connectivity index (χ1) is 14.9. The van der Waals surface area contributed by atoms with Gasteiger partial charge in [-0.2, -0.15) is 0 Å². The molecule has 2 aromatic rings. The standard InChI is InChI=1S/C23H27F2N3O3/c1-31-19-8-6-18(7-9-19)27-23(30)28-12-2-3-16(15-28)5-11-22(29)26-14-17-4-10-20(24)21(25)13-17/h4,6-10,13,16H,2-3,5,11-12,14-15H2,1H3,(H,26,29)(H,27,30)/t16-/m1/s1. The Hall–Kier alpha value is -3.16. The molecule has 1 fully saturated rings. The summed E-state index contributed by atoms with van der Waals surface area (Å²) in [5, 5.41) is 5.62. The van der Waals surface area contributed by atoms with Crippen molar-refractivity contribution in [2.75, 3.05) is 25.5 Å². The maximum Gasteiger partial charge on any atom is 0.321 e. The number of nitrogens with one attached hydrogen (secondary N) is 2. The Labute approximate surface area is 180 Å². The van der Waals surface area contributed by atoms with Gasteiger partial charge in [0.05, 0.1) is 7.11 Å². The lowest BCUT2D eigenvalue weighted by Crippen LogP contribution is -2.42. The molecular formula is C23H27F2N3O3. The molecule has 0 spiro atoms. The third-order valence-corrected chi connectivity index (χ3v) is 5.40. The molecule has 0 bridgehead atoms. The van der Waals surface area contributed by atoms with Gasteiger partial charge in [-0.15, -0.1) is 0 Å². The largest absolute Gasteiger partial charge is 0.497 e. The number of hydrogen-bond donors (Lipinski definition) is 2. The van der Waals surface area contributed by atoms with E-state index in [-0.39, 0.29) is 24.4 Å². The van der Waals surface area contributed by atoms with Gasteiger partial charge in [0, 0.05) is 31.7 Å². The molecule has 1 saturated heterocycles. The molecule has 0 aromatic heterocycles. The van der Waals surface area contributed by atoms with Crippen LogP contribution in [-0.2, 0) is 11.3 Å². The van der Waals surface area contributed by atoms with E-state index in [1.54, 1.807) is 36.3 Å². The number of methoxy groups -OCH3 is 1. The second-order valence-corrected chi connectivity index (χ2v) is 7.68. The average molecular weight is 431 g/mol. The summed E-state index contributed by atoms with van der Waals surface area (Å²) < 4.78 is 31.3. The molecule has 0 unspecified atom stereocenters. The number of rotatable bonds is 7. The molecule has 8 heteroatoms. The molecule has 166 valence electrons. The Balaban J connectivity index is 1.41. The minimum absolute atomic E-state index is 0.149. The summed E-state index contributed by atoms with van der Waals surface area (Å²) in [6.07, 6.45) is 2.83. The summed E-state index contributed by atoms with van der Waals surface area (Å²) in [6, 6.07) is 10.6. The van der Waals surface area contributed by atoms with Crippen molar-refractivity contribution in [1.29, 1.82) is 0 Å². The minimum Gasteiger partial charge on any atom is -0.497 e. The number of benzene rings is 2. The third kappa shape index (κ3) is 6.67. The summed E-state index contributed by atoms with van der Waals surface area (Å²) >= 11 is 0. The number of piperidine rings is 1. The van der Waals surface area contributed by atoms with Crippen molar-refractivity contribution in [3.05, 3.63) is 59.7 Å². The number of ether oxygens (including phenoxy) is 1. The zero-order valence-electron chi connectivity index (χ0n) is 17.5. The van der Waals surface area contributed by atoms with Crippen LogP contribution in [0.25, 0.3) is 0 Å². The highest BCUT2D eigenvalue weighted by molar-refractivity contribution is 5.89. The van der Waals surface area contributed by atoms with Crippen LogP contribution in [0.5, 0.6) is 5.75 Å². The first kappa shape index (κ1) is 22.5. The van der Waals surface area contributed by atoms with Gasteiger partial charge in [-0.25, -0.2) is 13.6 Å². The number of hydrogen-bond acceptors (Lipinski definition) is 3. The molecular weight excluding hydrogens is 404 g/mol. The number of amides is 3. The van der Waals surface area contributed by atoms with Gasteiger partial charge in [0.2, 0.25) is 5.91 Å². The van der Waals surface area contributed by atoms with Crippen molar-refractivity contribution < 1.29 is 23.1 Å². The first-order valence-electron chi connectivity index (χ1n) is 10.3. The second-order valence-electron chi connectivity index (χ2n) is 7.68. The number of anilines is 1. The molecule has 1 heterocycles. The van der Waals surface area contributed by atoms with Crippen LogP contribution in [0, 0.1) is 17.6 Å². The maximum atomic E-state index is 13.2. The Morgan fingerprint density at radius 3 is 2.61 bits per heavy atom. The van der Waals surface area contributed by atoms with Crippen LogP contribution in [0.1, 0.15) is 31.2 Å². The molecule has 31 heavy (non-hydrogen) atoms. The SMILES string of the molecule is COc1ccc(NC(=O)N2CCC[C@H](CCC(=O)NCc3ccc(F)c(F)c3)C2)cc1. The quantitative estimate of drug-likeness (QED) is 0.686. The fourth-order valence-electron chi connectivity index (χ4n) is 3.64. The average Bonchev–Trinajstić information content (AvgIpc) is 2.79. The monoisotopic (exact) mass is 431 g/mol. The molecule has 3 amide bonds. The van der Waals surface area contributed by atoms with Gasteiger partial charge in [-0.05, 0) is 67.1 Å². The van der Waals surface area contributed by atoms with Crippen molar-refractivity contribution in [3.63, 3.8) is 0 Å². The lowest BCUT2D eigenvalue weighted by atomic mass is 9.93. The summed E-state index contributed by atoms with van der Waals surface area (Å²) in [4.78, 5) is 26.5. The molecule has 1 aliphatic heterocycles. The molecule has 3 rings (SSSR count). The van der Waals surface area contributed by atoms with Gasteiger partial charge >= 0.3 is 6.03 Å². The first-order valence-corrected chi connectivity index (χ1v) is 10.3. The highest BCUT2D eigenvalue weighted by Gasteiger charge is 2.24. The van der Waals surface area contributed by atoms with Gasteiger partial charge in [-0.3, -0.25) is 4.79 Å². The van der Waals surface area contributed by atoms with E-state index in [9.17, 15) is 18.4 Å². The van der Waals surface area contributed by atoms with Crippen LogP contribution in [0.4, 0.5) is 19.3 Å². The Morgan fingerprint density at radius 2 is 1.90 bits per heavy atom. The third-order valence-electron chi connectivity index (χ3n) is 5.40. The zero-order chi connectivity index (χ0) is 22.2. The maximum absolute atomic E-state index is 13.2. The minimum atomic E-state index is -0.929. The normalized spacial score (nSPS) is 16.0. The number of halogens is 2. The zero-order valence-corrected chi connectivity index (χ0v) is 17.5. The topological polar surface area (TPSA) is 70.7 Å². The predicted octanol–water partition coefficient (Wildman–Crippen LogP) is 4.31. The van der Waals surface area contributed by atoms with Crippen LogP contribution >= 0.6 is 0 Å². The van der Waals surface area contributed by atoms with E-state index >= 15 is 0 Å². The highest BCUT2D eigenvalue weighted by atomic mass is 19.2. The van der Waals surface area contributed by atoms with E-state index < -0.39 is 11.6 Å². The fourth-order valence-corrected chi connectivity index (χ4v) is 3.64. The molecule has 6 nitrogen and oxygen atoms in total. The molecule has 2 aromatic carbocycles. The smallest absolute Gasteiger partial charge is 0.321 e. The van der Waals surface area contributed by atoms with E-state index in [0.717, 1.165) is 30.7 Å². The van der Waals surface area contributed by atoms with Gasteiger partial charge in [-0.1, -0.05) is 6.07 Å². The number of urea groups is 1. The van der Waals surface area contributed by atoms with E-state index in [1.807, 2.05) is 0 Å². The van der Waals surface area contributed by atoms with Crippen molar-refractivity contribution in [3.8, 4) is 5.75 Å². The molecule has 2 N–H and O–H groups in total. The molecule has 1 aliphatic rings. The number of carbonyl (C=O) groups is 2. The summed E-state index contributed by atoms with van der Waals surface area (Å²) in [7, 11) is 1.59. The Morgan fingerprint density at radius 1 is 1.13 bits per heavy atom. The van der Waals surface area contributed by atoms with E-state index in [1.165, 1.54) is 6.07 Å². The number of carbonyl (C=O) groups excluding carboxylic acids is 2. The van der Waals surface area contributed by atoms with Crippen LogP contribution in [-0.4, -0.2) is 37.0 Å². The fraction of sp³-hybridized carbons (Fsp3) is 0.391. The number of nitrogens with zero attached hydrogens (tertiary/aromatic N) is 1. The second kappa shape index (κ2) is 10.7. The van der Waals surface area contributed by atoms with Crippen molar-refractivity contribution in [2.45, 2.75) is 32.2 Å². The molecule has 1 atom stereocenters. The van der Waals surface area contributed by atoms with Crippen LogP contribution in [0.2, 0.25) is 0 Å². The molecule has 0 aliphatic carbocycles. The summed E-state index contributed by atoms with van der Waals surface area (Å²) in [6.45, 7) is 1.43. The van der Waals surface area contributed by atoms with Gasteiger partial charge in [0.15, 0.2) is 11.6 Å². The van der Waals surface area contributed by atoms with Gasteiger partial charge in [0.25, 0.3) is 0 Å². The predicted molar refractivity (Wildman–Crippen MR) is 114 cm³/mol. The molecule has 0 saturated carbocycles. The van der Waals surface area contributed by atoms with Crippen molar-refractivity contribution >= 4 is 17.6 Å². The van der Waals surface area contributed by atoms with E-state index in [4.69, 9.17) is 4.74 Å². The number of likely N-dealkylation sites (tertiary alicyclic amines) is 1. The molecule has 0 radical (unpaired) electrons. The lowest BCUT2D eigenvalue weighted by Gasteiger charge is -2.32. The van der Waals surface area contributed by atoms with Gasteiger partial charge in [0.1, 0.15) is 5.75 Å². The summed E-state index contributed by atoms with van der Waals surface area (Å²) in [5.74, 6) is -1.03. The van der Waals surface area contributed by atoms with Crippen molar-refractivity contribution in [2.24, 2.45) is 5.92 Å². The Bertz CT molecular complexity index is 905. The van der Waals surface area contributed by atoms with E-state index in [2.05, 4.69) is 10.6 Å². The van der Waals surface area contributed by atoms with Crippen LogP contribution in [0.3, 0.4) is 0 Å². The van der Waals surface area contributed by atoms with E-state index in [0.29, 0.717) is 37.2 Å². The van der Waals surface area contributed by atoms with Crippen LogP contribution in [0.15, 0.2) is 42.5 Å². The van der Waals surface area contributed by atoms with Gasteiger partial charge < -0.3 is 20.3 Å². The van der Waals surface area contributed by atoms with Crippen LogP contribution < -0.4 is 15.4 Å². The highest BCUT2D eigenvalue weighted by Crippen LogP contribution is 2.22. The van der Waals surface area contributed by atoms with Crippen molar-refractivity contribution in [1.82, 2.24) is 10.2 Å².